The molecule has 0 unspecified atom stereocenters. The van der Waals surface area contributed by atoms with Crippen molar-refractivity contribution >= 4 is 29.5 Å². The first-order chi connectivity index (χ1) is 12.5. The van der Waals surface area contributed by atoms with Crippen LogP contribution in [-0.2, 0) is 9.53 Å². The molecule has 0 amide bonds. The summed E-state index contributed by atoms with van der Waals surface area (Å²) in [5, 5.41) is 0.386. The number of carbonyl (C=O) groups excluding carboxylic acids is 1. The van der Waals surface area contributed by atoms with Gasteiger partial charge in [0, 0.05) is 0 Å². The zero-order valence-electron chi connectivity index (χ0n) is 13.4. The van der Waals surface area contributed by atoms with Crippen LogP contribution in [-0.4, -0.2) is 25.6 Å². The number of hydrogen-bond donors (Lipinski definition) is 0. The minimum Gasteiger partial charge on any atom is -0.493 e. The van der Waals surface area contributed by atoms with Gasteiger partial charge in [-0.3, -0.25) is 0 Å². The van der Waals surface area contributed by atoms with E-state index in [9.17, 15) is 13.6 Å². The zero-order chi connectivity index (χ0) is 18.7. The number of benzene rings is 2. The topological polar surface area (TPSA) is 57.1 Å². The van der Waals surface area contributed by atoms with E-state index in [1.165, 1.54) is 25.3 Å². The van der Waals surface area contributed by atoms with Crippen molar-refractivity contribution in [2.75, 3.05) is 7.11 Å². The van der Waals surface area contributed by atoms with Crippen LogP contribution >= 0.6 is 11.6 Å². The normalized spacial score (nSPS) is 15.2. The lowest BCUT2D eigenvalue weighted by Crippen LogP contribution is -2.05. The number of carbonyl (C=O) groups is 1. The van der Waals surface area contributed by atoms with Gasteiger partial charge in [-0.1, -0.05) is 29.8 Å². The predicted octanol–water partition coefficient (Wildman–Crippen LogP) is 4.29. The number of aliphatic imine (C=N–C) groups is 1. The second kappa shape index (κ2) is 7.53. The first kappa shape index (κ1) is 17.9. The molecule has 0 saturated carbocycles. The smallest absolute Gasteiger partial charge is 0.387 e. The van der Waals surface area contributed by atoms with Gasteiger partial charge in [-0.05, 0) is 35.9 Å². The highest BCUT2D eigenvalue weighted by Crippen LogP contribution is 2.31. The Morgan fingerprint density at radius 3 is 2.65 bits per heavy atom. The Bertz CT molecular complexity index is 912. The monoisotopic (exact) mass is 379 g/mol. The molecule has 3 rings (SSSR count). The molecule has 5 nitrogen and oxygen atoms in total. The van der Waals surface area contributed by atoms with Crippen molar-refractivity contribution in [3.63, 3.8) is 0 Å². The number of methoxy groups -OCH3 is 1. The molecule has 0 spiro atoms. The fourth-order valence-electron chi connectivity index (χ4n) is 2.29. The molecule has 134 valence electrons. The molecule has 1 aliphatic heterocycles. The van der Waals surface area contributed by atoms with Gasteiger partial charge in [0.2, 0.25) is 5.90 Å². The summed E-state index contributed by atoms with van der Waals surface area (Å²) in [6.45, 7) is -3.01. The molecule has 0 N–H and O–H groups in total. The van der Waals surface area contributed by atoms with Crippen LogP contribution in [0.1, 0.15) is 11.1 Å². The van der Waals surface area contributed by atoms with Crippen LogP contribution in [0.3, 0.4) is 0 Å². The third-order valence-corrected chi connectivity index (χ3v) is 3.76. The predicted molar refractivity (Wildman–Crippen MR) is 91.7 cm³/mol. The summed E-state index contributed by atoms with van der Waals surface area (Å²) in [5.74, 6) is -0.614. The van der Waals surface area contributed by atoms with E-state index in [0.29, 0.717) is 16.1 Å². The first-order valence-corrected chi connectivity index (χ1v) is 7.76. The number of alkyl halides is 2. The van der Waals surface area contributed by atoms with Crippen LogP contribution in [0.15, 0.2) is 53.2 Å². The van der Waals surface area contributed by atoms with Crippen LogP contribution < -0.4 is 9.47 Å². The first-order valence-electron chi connectivity index (χ1n) is 7.38. The second-order valence-electron chi connectivity index (χ2n) is 5.10. The number of rotatable bonds is 5. The maximum atomic E-state index is 12.5. The fourth-order valence-corrected chi connectivity index (χ4v) is 2.50. The quantitative estimate of drug-likeness (QED) is 0.574. The molecule has 1 heterocycles. The van der Waals surface area contributed by atoms with E-state index in [-0.39, 0.29) is 23.1 Å². The number of esters is 1. The molecular weight excluding hydrogens is 368 g/mol. The molecule has 2 aromatic rings. The molecule has 0 aromatic heterocycles. The molecule has 0 bridgehead atoms. The Balaban J connectivity index is 1.94. The van der Waals surface area contributed by atoms with Gasteiger partial charge >= 0.3 is 12.6 Å². The van der Waals surface area contributed by atoms with Crippen molar-refractivity contribution in [3.8, 4) is 11.5 Å². The van der Waals surface area contributed by atoms with E-state index >= 15 is 0 Å². The van der Waals surface area contributed by atoms with Crippen molar-refractivity contribution < 1.29 is 27.8 Å². The minimum atomic E-state index is -3.01. The fraction of sp³-hybridized carbons (Fsp3) is 0.111. The van der Waals surface area contributed by atoms with Crippen LogP contribution in [0.2, 0.25) is 5.02 Å². The Hall–Kier alpha value is -2.93. The summed E-state index contributed by atoms with van der Waals surface area (Å²) in [5.41, 5.74) is 0.896. The van der Waals surface area contributed by atoms with Gasteiger partial charge in [-0.25, -0.2) is 9.79 Å². The minimum absolute atomic E-state index is 0.00748. The molecule has 1 aliphatic rings. The van der Waals surface area contributed by atoms with Gasteiger partial charge in [-0.15, -0.1) is 0 Å². The van der Waals surface area contributed by atoms with Crippen LogP contribution in [0.5, 0.6) is 11.5 Å². The molecule has 0 fully saturated rings. The summed E-state index contributed by atoms with van der Waals surface area (Å²) < 4.78 is 39.5. The van der Waals surface area contributed by atoms with E-state index in [0.717, 1.165) is 0 Å². The van der Waals surface area contributed by atoms with Crippen molar-refractivity contribution in [1.29, 1.82) is 0 Å². The molecule has 0 saturated heterocycles. The highest BCUT2D eigenvalue weighted by Gasteiger charge is 2.25. The third kappa shape index (κ3) is 3.83. The van der Waals surface area contributed by atoms with Gasteiger partial charge in [0.25, 0.3) is 0 Å². The molecule has 0 atom stereocenters. The van der Waals surface area contributed by atoms with Crippen LogP contribution in [0, 0.1) is 0 Å². The number of cyclic esters (lactones) is 1. The maximum absolute atomic E-state index is 12.5. The molecule has 0 radical (unpaired) electrons. The average molecular weight is 380 g/mol. The molecule has 26 heavy (non-hydrogen) atoms. The summed E-state index contributed by atoms with van der Waals surface area (Å²) in [6, 6.07) is 11.1. The lowest BCUT2D eigenvalue weighted by molar-refractivity contribution is -0.129. The number of ether oxygens (including phenoxy) is 3. The van der Waals surface area contributed by atoms with Crippen molar-refractivity contribution in [2.45, 2.75) is 6.61 Å². The SMILES string of the molecule is COc1ccc(/C=C2\N=C(c3ccccc3Cl)OC2=O)cc1OC(F)F. The summed E-state index contributed by atoms with van der Waals surface area (Å²) in [7, 11) is 1.33. The van der Waals surface area contributed by atoms with Gasteiger partial charge < -0.3 is 14.2 Å². The maximum Gasteiger partial charge on any atom is 0.387 e. The Morgan fingerprint density at radius 2 is 1.96 bits per heavy atom. The summed E-state index contributed by atoms with van der Waals surface area (Å²) in [4.78, 5) is 16.2. The van der Waals surface area contributed by atoms with E-state index < -0.39 is 12.6 Å². The van der Waals surface area contributed by atoms with Crippen LogP contribution in [0.4, 0.5) is 8.78 Å². The summed E-state index contributed by atoms with van der Waals surface area (Å²) >= 11 is 6.07. The highest BCUT2D eigenvalue weighted by molar-refractivity contribution is 6.34. The second-order valence-corrected chi connectivity index (χ2v) is 5.51. The molecule has 8 heteroatoms. The lowest BCUT2D eigenvalue weighted by atomic mass is 10.1. The van der Waals surface area contributed by atoms with Gasteiger partial charge in [0.1, 0.15) is 0 Å². The molecule has 0 aliphatic carbocycles. The average Bonchev–Trinajstić information content (AvgIpc) is 2.95. The van der Waals surface area contributed by atoms with E-state index in [2.05, 4.69) is 9.73 Å². The zero-order valence-corrected chi connectivity index (χ0v) is 14.2. The Labute approximate surface area is 152 Å². The highest BCUT2D eigenvalue weighted by atomic mass is 35.5. The Kier molecular flexibility index (Phi) is 5.18. The number of hydrogen-bond acceptors (Lipinski definition) is 5. The van der Waals surface area contributed by atoms with E-state index in [1.54, 1.807) is 30.3 Å². The standard InChI is InChI=1S/C18H12ClF2NO4/c1-24-14-7-6-10(9-15(14)25-18(20)21)8-13-17(23)26-16(22-13)11-4-2-3-5-12(11)19/h2-9,18H,1H3/b13-8-. The van der Waals surface area contributed by atoms with Crippen LogP contribution in [0.25, 0.3) is 6.08 Å². The lowest BCUT2D eigenvalue weighted by Gasteiger charge is -2.10. The van der Waals surface area contributed by atoms with Crippen molar-refractivity contribution in [1.82, 2.24) is 0 Å². The Morgan fingerprint density at radius 1 is 1.19 bits per heavy atom. The van der Waals surface area contributed by atoms with Gasteiger partial charge in [0.15, 0.2) is 17.2 Å². The van der Waals surface area contributed by atoms with Gasteiger partial charge in [0.05, 0.1) is 17.7 Å². The van der Waals surface area contributed by atoms with Crippen molar-refractivity contribution in [2.24, 2.45) is 4.99 Å². The third-order valence-electron chi connectivity index (χ3n) is 3.43. The molecular formula is C18H12ClF2NO4. The largest absolute Gasteiger partial charge is 0.493 e. The van der Waals surface area contributed by atoms with Crippen molar-refractivity contribution in [3.05, 3.63) is 64.3 Å². The number of halogens is 3. The number of nitrogens with zero attached hydrogens (tertiary/aromatic N) is 1. The van der Waals surface area contributed by atoms with E-state index in [1.807, 2.05) is 0 Å². The molecule has 2 aromatic carbocycles. The van der Waals surface area contributed by atoms with Gasteiger partial charge in [-0.2, -0.15) is 8.78 Å². The van der Waals surface area contributed by atoms with E-state index in [4.69, 9.17) is 21.1 Å². The summed E-state index contributed by atoms with van der Waals surface area (Å²) in [6.07, 6.45) is 1.39.